The number of nitrogens with zero attached hydrogens (tertiary/aromatic N) is 3. The SMILES string of the molecule is CCN1C(=O)C(CC(=O)Nc2ccccc2[N+](=O)[O-])SC1=Nc1ccc(C)c(Cl)c1. The topological polar surface area (TPSA) is 105 Å². The lowest BCUT2D eigenvalue weighted by molar-refractivity contribution is -0.383. The number of para-hydroxylation sites is 2. The second kappa shape index (κ2) is 9.27. The Bertz CT molecular complexity index is 1040. The van der Waals surface area contributed by atoms with Crippen LogP contribution in [-0.4, -0.2) is 38.6 Å². The van der Waals surface area contributed by atoms with Crippen molar-refractivity contribution in [1.82, 2.24) is 4.90 Å². The highest BCUT2D eigenvalue weighted by Gasteiger charge is 2.38. The van der Waals surface area contributed by atoms with Crippen LogP contribution in [0.15, 0.2) is 47.5 Å². The van der Waals surface area contributed by atoms with Crippen molar-refractivity contribution in [3.05, 3.63) is 63.2 Å². The molecule has 0 saturated carbocycles. The molecule has 1 heterocycles. The fraction of sp³-hybridized carbons (Fsp3) is 0.250. The number of nitrogens with one attached hydrogen (secondary N) is 1. The van der Waals surface area contributed by atoms with E-state index < -0.39 is 16.1 Å². The summed E-state index contributed by atoms with van der Waals surface area (Å²) in [5.41, 5.74) is 1.43. The van der Waals surface area contributed by atoms with Crippen molar-refractivity contribution < 1.29 is 14.5 Å². The van der Waals surface area contributed by atoms with Gasteiger partial charge in [-0.2, -0.15) is 0 Å². The molecule has 0 aromatic heterocycles. The van der Waals surface area contributed by atoms with Crippen molar-refractivity contribution in [2.24, 2.45) is 4.99 Å². The van der Waals surface area contributed by atoms with E-state index in [4.69, 9.17) is 11.6 Å². The summed E-state index contributed by atoms with van der Waals surface area (Å²) in [6.07, 6.45) is -0.125. The molecule has 1 atom stereocenters. The number of carbonyl (C=O) groups excluding carboxylic acids is 2. The third-order valence-electron chi connectivity index (χ3n) is 4.46. The lowest BCUT2D eigenvalue weighted by atomic mass is 10.2. The van der Waals surface area contributed by atoms with Gasteiger partial charge in [0.25, 0.3) is 5.69 Å². The van der Waals surface area contributed by atoms with Gasteiger partial charge < -0.3 is 5.32 Å². The van der Waals surface area contributed by atoms with E-state index in [9.17, 15) is 19.7 Å². The first-order valence-corrected chi connectivity index (χ1v) is 10.4. The number of amidine groups is 1. The lowest BCUT2D eigenvalue weighted by Crippen LogP contribution is -2.33. The summed E-state index contributed by atoms with van der Waals surface area (Å²) in [4.78, 5) is 41.8. The normalized spacial score (nSPS) is 17.4. The van der Waals surface area contributed by atoms with Crippen molar-refractivity contribution in [2.45, 2.75) is 25.5 Å². The molecule has 2 aromatic carbocycles. The summed E-state index contributed by atoms with van der Waals surface area (Å²) in [6, 6.07) is 11.2. The second-order valence-electron chi connectivity index (χ2n) is 6.54. The quantitative estimate of drug-likeness (QED) is 0.518. The second-order valence-corrected chi connectivity index (χ2v) is 8.12. The van der Waals surface area contributed by atoms with Crippen molar-refractivity contribution >= 4 is 57.4 Å². The number of rotatable bonds is 6. The van der Waals surface area contributed by atoms with Crippen LogP contribution in [0.3, 0.4) is 0 Å². The van der Waals surface area contributed by atoms with E-state index in [1.54, 1.807) is 12.1 Å². The molecule has 0 spiro atoms. The predicted octanol–water partition coefficient (Wildman–Crippen LogP) is 4.54. The number of hydrogen-bond acceptors (Lipinski definition) is 6. The summed E-state index contributed by atoms with van der Waals surface area (Å²) in [5, 5.41) is 14.0. The number of aryl methyl sites for hydroxylation is 1. The molecule has 3 rings (SSSR count). The van der Waals surface area contributed by atoms with E-state index in [2.05, 4.69) is 10.3 Å². The maximum atomic E-state index is 12.7. The van der Waals surface area contributed by atoms with Gasteiger partial charge in [0.2, 0.25) is 11.8 Å². The number of thioether (sulfide) groups is 1. The van der Waals surface area contributed by atoms with Crippen LogP contribution in [0, 0.1) is 17.0 Å². The van der Waals surface area contributed by atoms with Gasteiger partial charge in [0.1, 0.15) is 10.9 Å². The van der Waals surface area contributed by atoms with Crippen molar-refractivity contribution in [3.63, 3.8) is 0 Å². The van der Waals surface area contributed by atoms with E-state index >= 15 is 0 Å². The molecule has 156 valence electrons. The van der Waals surface area contributed by atoms with Crippen molar-refractivity contribution in [2.75, 3.05) is 11.9 Å². The van der Waals surface area contributed by atoms with Crippen LogP contribution in [0.5, 0.6) is 0 Å². The highest BCUT2D eigenvalue weighted by atomic mass is 35.5. The first-order valence-electron chi connectivity index (χ1n) is 9.16. The minimum absolute atomic E-state index is 0.0958. The van der Waals surface area contributed by atoms with Gasteiger partial charge in [-0.15, -0.1) is 0 Å². The number of amides is 2. The Morgan fingerprint density at radius 3 is 2.73 bits per heavy atom. The zero-order valence-electron chi connectivity index (χ0n) is 16.3. The van der Waals surface area contributed by atoms with Gasteiger partial charge in [0.15, 0.2) is 5.17 Å². The number of halogens is 1. The molecule has 1 unspecified atom stereocenters. The number of aliphatic imine (C=N–C) groups is 1. The summed E-state index contributed by atoms with van der Waals surface area (Å²) in [7, 11) is 0. The predicted molar refractivity (Wildman–Crippen MR) is 118 cm³/mol. The molecule has 0 aliphatic carbocycles. The lowest BCUT2D eigenvalue weighted by Gasteiger charge is -2.13. The molecular weight excluding hydrogens is 428 g/mol. The Labute approximate surface area is 182 Å². The van der Waals surface area contributed by atoms with Gasteiger partial charge in [-0.1, -0.05) is 41.6 Å². The fourth-order valence-corrected chi connectivity index (χ4v) is 4.28. The molecule has 1 fully saturated rings. The standard InChI is InChI=1S/C20H19ClN4O4S/c1-3-24-19(27)17(30-20(24)22-13-9-8-12(2)14(21)10-13)11-18(26)23-15-6-4-5-7-16(15)25(28)29/h4-10,17H,3,11H2,1-2H3,(H,23,26). The molecule has 1 aliphatic rings. The van der Waals surface area contributed by atoms with E-state index in [0.29, 0.717) is 22.4 Å². The average Bonchev–Trinajstić information content (AvgIpc) is 2.99. The summed E-state index contributed by atoms with van der Waals surface area (Å²) >= 11 is 7.34. The maximum Gasteiger partial charge on any atom is 0.292 e. The number of carbonyl (C=O) groups is 2. The summed E-state index contributed by atoms with van der Waals surface area (Å²) in [5.74, 6) is -0.706. The number of hydrogen-bond donors (Lipinski definition) is 1. The zero-order chi connectivity index (χ0) is 21.8. The minimum Gasteiger partial charge on any atom is -0.320 e. The molecule has 2 amide bonds. The number of anilines is 1. The van der Waals surface area contributed by atoms with E-state index in [-0.39, 0.29) is 23.7 Å². The third-order valence-corrected chi connectivity index (χ3v) is 6.04. The smallest absolute Gasteiger partial charge is 0.292 e. The van der Waals surface area contributed by atoms with E-state index in [0.717, 1.165) is 5.56 Å². The molecule has 10 heteroatoms. The van der Waals surface area contributed by atoms with Crippen LogP contribution in [0.4, 0.5) is 17.1 Å². The van der Waals surface area contributed by atoms with Gasteiger partial charge in [0, 0.05) is 24.1 Å². The monoisotopic (exact) mass is 446 g/mol. The third kappa shape index (κ3) is 4.80. The van der Waals surface area contributed by atoms with Crippen LogP contribution in [0.25, 0.3) is 0 Å². The van der Waals surface area contributed by atoms with Crippen LogP contribution in [0.1, 0.15) is 18.9 Å². The number of nitro benzene ring substituents is 1. The summed E-state index contributed by atoms with van der Waals surface area (Å²) < 4.78 is 0. The molecule has 2 aromatic rings. The van der Waals surface area contributed by atoms with E-state index in [1.165, 1.54) is 34.9 Å². The van der Waals surface area contributed by atoms with Gasteiger partial charge in [-0.05, 0) is 37.6 Å². The Morgan fingerprint density at radius 1 is 1.33 bits per heavy atom. The van der Waals surface area contributed by atoms with Crippen LogP contribution < -0.4 is 5.32 Å². The average molecular weight is 447 g/mol. The molecular formula is C20H19ClN4O4S. The van der Waals surface area contributed by atoms with Crippen LogP contribution in [0.2, 0.25) is 5.02 Å². The molecule has 1 aliphatic heterocycles. The van der Waals surface area contributed by atoms with Crippen molar-refractivity contribution in [3.8, 4) is 0 Å². The number of benzene rings is 2. The van der Waals surface area contributed by atoms with Crippen LogP contribution in [-0.2, 0) is 9.59 Å². The Balaban J connectivity index is 1.75. The molecule has 30 heavy (non-hydrogen) atoms. The molecule has 0 bridgehead atoms. The molecule has 0 radical (unpaired) electrons. The van der Waals surface area contributed by atoms with Gasteiger partial charge in [-0.25, -0.2) is 4.99 Å². The maximum absolute atomic E-state index is 12.7. The minimum atomic E-state index is -0.660. The van der Waals surface area contributed by atoms with Gasteiger partial charge in [-0.3, -0.25) is 24.6 Å². The molecule has 1 saturated heterocycles. The molecule has 8 nitrogen and oxygen atoms in total. The first-order chi connectivity index (χ1) is 14.3. The Kier molecular flexibility index (Phi) is 6.73. The highest BCUT2D eigenvalue weighted by Crippen LogP contribution is 2.33. The van der Waals surface area contributed by atoms with Crippen molar-refractivity contribution in [1.29, 1.82) is 0 Å². The summed E-state index contributed by atoms with van der Waals surface area (Å²) in [6.45, 7) is 4.12. The fourth-order valence-electron chi connectivity index (χ4n) is 2.89. The largest absolute Gasteiger partial charge is 0.320 e. The Hall–Kier alpha value is -2.91. The van der Waals surface area contributed by atoms with Gasteiger partial charge in [0.05, 0.1) is 10.6 Å². The zero-order valence-corrected chi connectivity index (χ0v) is 17.9. The van der Waals surface area contributed by atoms with Crippen LogP contribution >= 0.6 is 23.4 Å². The van der Waals surface area contributed by atoms with Gasteiger partial charge >= 0.3 is 0 Å². The molecule has 1 N–H and O–H groups in total. The highest BCUT2D eigenvalue weighted by molar-refractivity contribution is 8.15. The number of nitro groups is 1. The van der Waals surface area contributed by atoms with E-state index in [1.807, 2.05) is 26.0 Å². The Morgan fingerprint density at radius 2 is 2.07 bits per heavy atom. The first kappa shape index (κ1) is 21.8.